The second-order valence-corrected chi connectivity index (χ2v) is 6.21. The lowest BCUT2D eigenvalue weighted by Crippen LogP contribution is -2.14. The average molecular weight is 306 g/mol. The van der Waals surface area contributed by atoms with Gasteiger partial charge in [-0.3, -0.25) is 4.72 Å². The monoisotopic (exact) mass is 306 g/mol. The summed E-state index contributed by atoms with van der Waals surface area (Å²) in [5.41, 5.74) is 6.67. The summed E-state index contributed by atoms with van der Waals surface area (Å²) in [7, 11) is -3.87. The van der Waals surface area contributed by atoms with E-state index in [0.717, 1.165) is 11.6 Å². The number of anilines is 2. The topological polar surface area (TPSA) is 109 Å². The SMILES string of the molecule is Cc1ccc(NS(=O)(=O)c2ccc(N)c(C(=O)O)c2)cc1. The molecule has 0 radical (unpaired) electrons. The maximum Gasteiger partial charge on any atom is 0.337 e. The van der Waals surface area contributed by atoms with Crippen molar-refractivity contribution in [3.05, 3.63) is 53.6 Å². The Kier molecular flexibility index (Phi) is 3.86. The Morgan fingerprint density at radius 2 is 1.76 bits per heavy atom. The number of aromatic carboxylic acids is 1. The van der Waals surface area contributed by atoms with Crippen LogP contribution >= 0.6 is 0 Å². The van der Waals surface area contributed by atoms with E-state index in [2.05, 4.69) is 4.72 Å². The van der Waals surface area contributed by atoms with Gasteiger partial charge in [0.25, 0.3) is 10.0 Å². The normalized spacial score (nSPS) is 11.1. The zero-order valence-corrected chi connectivity index (χ0v) is 12.0. The summed E-state index contributed by atoms with van der Waals surface area (Å²) in [5.74, 6) is -1.28. The summed E-state index contributed by atoms with van der Waals surface area (Å²) in [6, 6.07) is 10.3. The Morgan fingerprint density at radius 1 is 1.14 bits per heavy atom. The van der Waals surface area contributed by atoms with Gasteiger partial charge in [-0.2, -0.15) is 0 Å². The minimum Gasteiger partial charge on any atom is -0.478 e. The number of carbonyl (C=O) groups is 1. The number of sulfonamides is 1. The summed E-state index contributed by atoms with van der Waals surface area (Å²) in [4.78, 5) is 10.8. The van der Waals surface area contributed by atoms with Crippen molar-refractivity contribution in [2.75, 3.05) is 10.5 Å². The molecule has 0 saturated carbocycles. The predicted octanol–water partition coefficient (Wildman–Crippen LogP) is 2.08. The van der Waals surface area contributed by atoms with Crippen molar-refractivity contribution < 1.29 is 18.3 Å². The first-order valence-electron chi connectivity index (χ1n) is 6.02. The number of nitrogens with two attached hydrogens (primary N) is 1. The minimum atomic E-state index is -3.87. The van der Waals surface area contributed by atoms with Crippen LogP contribution in [0.5, 0.6) is 0 Å². The van der Waals surface area contributed by atoms with Gasteiger partial charge in [0, 0.05) is 11.4 Å². The van der Waals surface area contributed by atoms with Gasteiger partial charge in [-0.05, 0) is 37.3 Å². The van der Waals surface area contributed by atoms with E-state index in [1.165, 1.54) is 12.1 Å². The van der Waals surface area contributed by atoms with E-state index >= 15 is 0 Å². The summed E-state index contributed by atoms with van der Waals surface area (Å²) in [6.45, 7) is 1.89. The molecule has 0 atom stereocenters. The molecule has 4 N–H and O–H groups in total. The van der Waals surface area contributed by atoms with Crippen LogP contribution in [0.2, 0.25) is 0 Å². The molecule has 0 unspecified atom stereocenters. The number of hydrogen-bond acceptors (Lipinski definition) is 4. The number of carboxylic acid groups (broad SMARTS) is 1. The van der Waals surface area contributed by atoms with Gasteiger partial charge in [-0.15, -0.1) is 0 Å². The Morgan fingerprint density at radius 3 is 2.33 bits per heavy atom. The highest BCUT2D eigenvalue weighted by molar-refractivity contribution is 7.92. The molecular formula is C14H14N2O4S. The van der Waals surface area contributed by atoms with Gasteiger partial charge in [0.15, 0.2) is 0 Å². The highest BCUT2D eigenvalue weighted by Crippen LogP contribution is 2.21. The third-order valence-corrected chi connectivity index (χ3v) is 4.25. The fourth-order valence-corrected chi connectivity index (χ4v) is 2.81. The third-order valence-electron chi connectivity index (χ3n) is 2.87. The highest BCUT2D eigenvalue weighted by Gasteiger charge is 2.18. The molecule has 0 aliphatic heterocycles. The average Bonchev–Trinajstić information content (AvgIpc) is 2.41. The fraction of sp³-hybridized carbons (Fsp3) is 0.0714. The van der Waals surface area contributed by atoms with Crippen molar-refractivity contribution in [1.82, 2.24) is 0 Å². The first kappa shape index (κ1) is 14.9. The van der Waals surface area contributed by atoms with E-state index in [1.807, 2.05) is 6.92 Å². The number of nitrogen functional groups attached to an aromatic ring is 1. The van der Waals surface area contributed by atoms with Gasteiger partial charge in [-0.25, -0.2) is 13.2 Å². The van der Waals surface area contributed by atoms with Gasteiger partial charge >= 0.3 is 5.97 Å². The van der Waals surface area contributed by atoms with E-state index in [-0.39, 0.29) is 16.1 Å². The molecule has 21 heavy (non-hydrogen) atoms. The smallest absolute Gasteiger partial charge is 0.337 e. The molecule has 0 bridgehead atoms. The lowest BCUT2D eigenvalue weighted by Gasteiger charge is -2.10. The summed E-state index contributed by atoms with van der Waals surface area (Å²) >= 11 is 0. The van der Waals surface area contributed by atoms with Crippen LogP contribution in [0.4, 0.5) is 11.4 Å². The molecule has 0 aromatic heterocycles. The van der Waals surface area contributed by atoms with Crippen molar-refractivity contribution in [2.45, 2.75) is 11.8 Å². The van der Waals surface area contributed by atoms with Gasteiger partial charge < -0.3 is 10.8 Å². The maximum absolute atomic E-state index is 12.2. The molecule has 0 aliphatic rings. The van der Waals surface area contributed by atoms with Gasteiger partial charge in [-0.1, -0.05) is 17.7 Å². The molecule has 0 amide bonds. The Bertz CT molecular complexity index is 783. The molecule has 7 heteroatoms. The molecule has 2 aromatic carbocycles. The van der Waals surface area contributed by atoms with Crippen LogP contribution in [0.3, 0.4) is 0 Å². The van der Waals surface area contributed by atoms with Crippen LogP contribution in [0.25, 0.3) is 0 Å². The Hall–Kier alpha value is -2.54. The maximum atomic E-state index is 12.2. The van der Waals surface area contributed by atoms with Crippen LogP contribution in [0.1, 0.15) is 15.9 Å². The number of carboxylic acids is 1. The first-order chi connectivity index (χ1) is 9.79. The van der Waals surface area contributed by atoms with Crippen LogP contribution in [0, 0.1) is 6.92 Å². The van der Waals surface area contributed by atoms with Gasteiger partial charge in [0.2, 0.25) is 0 Å². The summed E-state index contributed by atoms with van der Waals surface area (Å²) in [6.07, 6.45) is 0. The predicted molar refractivity (Wildman–Crippen MR) is 79.8 cm³/mol. The fourth-order valence-electron chi connectivity index (χ4n) is 1.72. The molecule has 2 aromatic rings. The molecule has 0 saturated heterocycles. The van der Waals surface area contributed by atoms with E-state index in [4.69, 9.17) is 10.8 Å². The zero-order valence-electron chi connectivity index (χ0n) is 11.2. The van der Waals surface area contributed by atoms with Crippen LogP contribution in [-0.4, -0.2) is 19.5 Å². The zero-order chi connectivity index (χ0) is 15.6. The lowest BCUT2D eigenvalue weighted by molar-refractivity contribution is 0.0698. The lowest BCUT2D eigenvalue weighted by atomic mass is 10.2. The quantitative estimate of drug-likeness (QED) is 0.749. The second-order valence-electron chi connectivity index (χ2n) is 4.53. The molecule has 0 fully saturated rings. The number of benzene rings is 2. The summed E-state index contributed by atoms with van der Waals surface area (Å²) < 4.78 is 26.8. The van der Waals surface area contributed by atoms with Crippen molar-refractivity contribution in [3.63, 3.8) is 0 Å². The number of aryl methyl sites for hydroxylation is 1. The Labute approximate surface area is 122 Å². The second kappa shape index (κ2) is 5.45. The van der Waals surface area contributed by atoms with Crippen molar-refractivity contribution >= 4 is 27.4 Å². The van der Waals surface area contributed by atoms with Crippen molar-refractivity contribution in [2.24, 2.45) is 0 Å². The number of nitrogens with one attached hydrogen (secondary N) is 1. The largest absolute Gasteiger partial charge is 0.478 e. The molecule has 0 heterocycles. The number of rotatable bonds is 4. The number of hydrogen-bond donors (Lipinski definition) is 3. The Balaban J connectivity index is 2.38. The third kappa shape index (κ3) is 3.32. The van der Waals surface area contributed by atoms with E-state index < -0.39 is 16.0 Å². The van der Waals surface area contributed by atoms with Crippen LogP contribution < -0.4 is 10.5 Å². The highest BCUT2D eigenvalue weighted by atomic mass is 32.2. The molecule has 110 valence electrons. The van der Waals surface area contributed by atoms with Crippen molar-refractivity contribution in [3.8, 4) is 0 Å². The first-order valence-corrected chi connectivity index (χ1v) is 7.50. The molecule has 2 rings (SSSR count). The summed E-state index contributed by atoms with van der Waals surface area (Å²) in [5, 5.41) is 8.98. The molecule has 0 spiro atoms. The minimum absolute atomic E-state index is 0.0109. The van der Waals surface area contributed by atoms with E-state index in [0.29, 0.717) is 5.69 Å². The van der Waals surface area contributed by atoms with E-state index in [1.54, 1.807) is 24.3 Å². The molecule has 6 nitrogen and oxygen atoms in total. The molecular weight excluding hydrogens is 292 g/mol. The van der Waals surface area contributed by atoms with Gasteiger partial charge in [0.05, 0.1) is 10.5 Å². The van der Waals surface area contributed by atoms with Gasteiger partial charge in [0.1, 0.15) is 0 Å². The standard InChI is InChI=1S/C14H14N2O4S/c1-9-2-4-10(5-3-9)16-21(19,20)11-6-7-13(15)12(8-11)14(17)18/h2-8,16H,15H2,1H3,(H,17,18). The van der Waals surface area contributed by atoms with Crippen LogP contribution in [-0.2, 0) is 10.0 Å². The van der Waals surface area contributed by atoms with Crippen LogP contribution in [0.15, 0.2) is 47.4 Å². The van der Waals surface area contributed by atoms with E-state index in [9.17, 15) is 13.2 Å². The van der Waals surface area contributed by atoms with Crippen molar-refractivity contribution in [1.29, 1.82) is 0 Å². The molecule has 0 aliphatic carbocycles.